The van der Waals surface area contributed by atoms with Gasteiger partial charge in [-0.05, 0) is 77.2 Å². The maximum Gasteiger partial charge on any atom is 0.161 e. The monoisotopic (exact) mass is 770 g/mol. The molecule has 59 heavy (non-hydrogen) atoms. The normalized spacial score (nSPS) is 11.7. The number of benzene rings is 8. The molecular weight excluding hydrogens is 737 g/mol. The zero-order chi connectivity index (χ0) is 38.9. The Morgan fingerprint density at radius 3 is 1.41 bits per heavy atom. The van der Waals surface area contributed by atoms with Crippen LogP contribution in [0.25, 0.3) is 109 Å². The van der Waals surface area contributed by atoms with E-state index in [9.17, 15) is 0 Å². The Hall–Kier alpha value is -7.60. The van der Waals surface area contributed by atoms with Gasteiger partial charge in [0.15, 0.2) is 5.82 Å². The van der Waals surface area contributed by atoms with Crippen LogP contribution in [0.1, 0.15) is 0 Å². The first-order chi connectivity index (χ1) is 29.2. The molecule has 0 saturated carbocycles. The fourth-order valence-corrected chi connectivity index (χ4v) is 9.92. The van der Waals surface area contributed by atoms with E-state index in [1.165, 1.54) is 31.6 Å². The van der Waals surface area contributed by atoms with Gasteiger partial charge in [-0.25, -0.2) is 9.97 Å². The Labute approximate surface area is 344 Å². The summed E-state index contributed by atoms with van der Waals surface area (Å²) in [6, 6.07) is 73.8. The topological polar surface area (TPSA) is 35.6 Å². The molecule has 0 aliphatic rings. The smallest absolute Gasteiger partial charge is 0.161 e. The maximum absolute atomic E-state index is 5.51. The average Bonchev–Trinajstić information content (AvgIpc) is 4.00. The molecule has 4 nitrogen and oxygen atoms in total. The summed E-state index contributed by atoms with van der Waals surface area (Å²) in [7, 11) is 0. The standard InChI is InChI=1S/C54H34N4S/c1-2-16-35(17-3-1)40-19-5-6-24-45(40)54-55-46(34-47(56-54)53-32-36-18-4-15-29-52(36)59-53)37-30-38(57-48-25-11-7-20-41(48)42-21-8-12-26-49(42)57)33-39(31-37)58-50-27-13-9-22-43(50)44-23-10-14-28-51(44)58/h1-34H. The van der Waals surface area contributed by atoms with Gasteiger partial charge in [-0.1, -0.05) is 146 Å². The Morgan fingerprint density at radius 1 is 0.356 bits per heavy atom. The minimum absolute atomic E-state index is 0.690. The lowest BCUT2D eigenvalue weighted by atomic mass is 9.99. The number of nitrogens with zero attached hydrogens (tertiary/aromatic N) is 4. The van der Waals surface area contributed by atoms with Gasteiger partial charge in [0, 0.05) is 48.7 Å². The molecule has 0 bridgehead atoms. The van der Waals surface area contributed by atoms with Gasteiger partial charge in [0.2, 0.25) is 0 Å². The Morgan fingerprint density at radius 2 is 0.831 bits per heavy atom. The SMILES string of the molecule is c1ccc(-c2ccccc2-c2nc(-c3cc(-n4c5ccccc5c5ccccc54)cc(-n4c5ccccc5c5ccccc54)c3)cc(-c3cc4ccccc4s3)n2)cc1. The Kier molecular flexibility index (Phi) is 7.68. The largest absolute Gasteiger partial charge is 0.309 e. The van der Waals surface area contributed by atoms with Gasteiger partial charge in [-0.2, -0.15) is 0 Å². The zero-order valence-corrected chi connectivity index (χ0v) is 32.6. The minimum atomic E-state index is 0.690. The summed E-state index contributed by atoms with van der Waals surface area (Å²) in [5.41, 5.74) is 12.7. The maximum atomic E-state index is 5.51. The van der Waals surface area contributed by atoms with E-state index in [4.69, 9.17) is 9.97 Å². The number of para-hydroxylation sites is 4. The van der Waals surface area contributed by atoms with Gasteiger partial charge in [0.1, 0.15) is 0 Å². The van der Waals surface area contributed by atoms with E-state index in [-0.39, 0.29) is 0 Å². The van der Waals surface area contributed by atoms with E-state index in [1.54, 1.807) is 11.3 Å². The van der Waals surface area contributed by atoms with Gasteiger partial charge in [-0.3, -0.25) is 0 Å². The second-order valence-electron chi connectivity index (χ2n) is 15.0. The predicted octanol–water partition coefficient (Wildman–Crippen LogP) is 14.6. The van der Waals surface area contributed by atoms with Crippen molar-refractivity contribution in [3.05, 3.63) is 206 Å². The molecule has 4 aromatic heterocycles. The fraction of sp³-hybridized carbons (Fsp3) is 0. The van der Waals surface area contributed by atoms with Gasteiger partial charge < -0.3 is 9.13 Å². The summed E-state index contributed by atoms with van der Waals surface area (Å²) in [5, 5.41) is 6.10. The molecule has 0 aliphatic carbocycles. The van der Waals surface area contributed by atoms with Crippen molar-refractivity contribution >= 4 is 65.0 Å². The average molecular weight is 771 g/mol. The molecule has 0 aliphatic heterocycles. The van der Waals surface area contributed by atoms with E-state index in [0.29, 0.717) is 5.82 Å². The van der Waals surface area contributed by atoms with Crippen LogP contribution in [-0.2, 0) is 0 Å². The first kappa shape index (κ1) is 33.5. The van der Waals surface area contributed by atoms with Crippen LogP contribution >= 0.6 is 11.3 Å². The molecule has 0 radical (unpaired) electrons. The number of fused-ring (bicyclic) bond motifs is 7. The molecule has 5 heteroatoms. The second kappa shape index (κ2) is 13.5. The van der Waals surface area contributed by atoms with Crippen molar-refractivity contribution in [1.82, 2.24) is 19.1 Å². The Bertz CT molecular complexity index is 3300. The molecule has 0 saturated heterocycles. The number of thiophene rings is 1. The second-order valence-corrected chi connectivity index (χ2v) is 16.1. The van der Waals surface area contributed by atoms with Crippen molar-refractivity contribution in [1.29, 1.82) is 0 Å². The van der Waals surface area contributed by atoms with Crippen molar-refractivity contribution in [3.8, 4) is 55.7 Å². The molecule has 0 N–H and O–H groups in total. The van der Waals surface area contributed by atoms with Crippen molar-refractivity contribution in [2.24, 2.45) is 0 Å². The molecule has 0 fully saturated rings. The van der Waals surface area contributed by atoms with Crippen LogP contribution in [0, 0.1) is 0 Å². The van der Waals surface area contributed by atoms with Crippen molar-refractivity contribution in [3.63, 3.8) is 0 Å². The quantitative estimate of drug-likeness (QED) is 0.169. The van der Waals surface area contributed by atoms with Gasteiger partial charge in [-0.15, -0.1) is 11.3 Å². The highest BCUT2D eigenvalue weighted by atomic mass is 32.1. The summed E-state index contributed by atoms with van der Waals surface area (Å²) in [6.07, 6.45) is 0. The molecule has 0 amide bonds. The highest BCUT2D eigenvalue weighted by Crippen LogP contribution is 2.40. The molecule has 8 aromatic carbocycles. The fourth-order valence-electron chi connectivity index (χ4n) is 8.90. The third kappa shape index (κ3) is 5.51. The number of aromatic nitrogens is 4. The molecular formula is C54H34N4S. The molecule has 0 spiro atoms. The van der Waals surface area contributed by atoms with E-state index < -0.39 is 0 Å². The number of hydrogen-bond acceptors (Lipinski definition) is 3. The van der Waals surface area contributed by atoms with Crippen molar-refractivity contribution in [2.75, 3.05) is 0 Å². The van der Waals surface area contributed by atoms with Gasteiger partial charge in [0.05, 0.1) is 38.3 Å². The summed E-state index contributed by atoms with van der Waals surface area (Å²) in [4.78, 5) is 12.0. The molecule has 4 heterocycles. The molecule has 276 valence electrons. The van der Waals surface area contributed by atoms with Crippen LogP contribution in [0.15, 0.2) is 206 Å². The van der Waals surface area contributed by atoms with Gasteiger partial charge >= 0.3 is 0 Å². The highest BCUT2D eigenvalue weighted by Gasteiger charge is 2.20. The molecule has 0 atom stereocenters. The summed E-state index contributed by atoms with van der Waals surface area (Å²) < 4.78 is 6.05. The van der Waals surface area contributed by atoms with E-state index in [2.05, 4.69) is 215 Å². The molecule has 12 rings (SSSR count). The Balaban J connectivity index is 1.17. The number of rotatable bonds is 6. The minimum Gasteiger partial charge on any atom is -0.309 e. The summed E-state index contributed by atoms with van der Waals surface area (Å²) >= 11 is 1.77. The lowest BCUT2D eigenvalue weighted by molar-refractivity contribution is 1.13. The lowest BCUT2D eigenvalue weighted by Crippen LogP contribution is -2.02. The van der Waals surface area contributed by atoms with E-state index >= 15 is 0 Å². The number of hydrogen-bond donors (Lipinski definition) is 0. The molecule has 0 unspecified atom stereocenters. The first-order valence-corrected chi connectivity index (χ1v) is 20.7. The van der Waals surface area contributed by atoms with Crippen molar-refractivity contribution < 1.29 is 0 Å². The lowest BCUT2D eigenvalue weighted by Gasteiger charge is -2.17. The zero-order valence-electron chi connectivity index (χ0n) is 31.8. The van der Waals surface area contributed by atoms with Crippen LogP contribution < -0.4 is 0 Å². The highest BCUT2D eigenvalue weighted by molar-refractivity contribution is 7.22. The van der Waals surface area contributed by atoms with Crippen molar-refractivity contribution in [2.45, 2.75) is 0 Å². The van der Waals surface area contributed by atoms with Crippen LogP contribution in [0.2, 0.25) is 0 Å². The summed E-state index contributed by atoms with van der Waals surface area (Å²) in [5.74, 6) is 0.690. The summed E-state index contributed by atoms with van der Waals surface area (Å²) in [6.45, 7) is 0. The molecule has 12 aromatic rings. The predicted molar refractivity (Wildman–Crippen MR) is 248 cm³/mol. The van der Waals surface area contributed by atoms with E-state index in [0.717, 1.165) is 72.0 Å². The first-order valence-electron chi connectivity index (χ1n) is 19.9. The third-order valence-corrected chi connectivity index (χ3v) is 12.7. The third-order valence-electron chi connectivity index (χ3n) is 11.5. The van der Waals surface area contributed by atoms with Crippen LogP contribution in [0.5, 0.6) is 0 Å². The van der Waals surface area contributed by atoms with Crippen LogP contribution in [0.3, 0.4) is 0 Å². The van der Waals surface area contributed by atoms with E-state index in [1.807, 2.05) is 0 Å². The van der Waals surface area contributed by atoms with Crippen LogP contribution in [-0.4, -0.2) is 19.1 Å². The van der Waals surface area contributed by atoms with Crippen LogP contribution in [0.4, 0.5) is 0 Å². The van der Waals surface area contributed by atoms with Gasteiger partial charge in [0.25, 0.3) is 0 Å².